The van der Waals surface area contributed by atoms with E-state index in [9.17, 15) is 26.3 Å². The zero-order valence-electron chi connectivity index (χ0n) is 22.7. The van der Waals surface area contributed by atoms with E-state index >= 15 is 4.39 Å². The van der Waals surface area contributed by atoms with Crippen molar-refractivity contribution in [2.24, 2.45) is 0 Å². The first kappa shape index (κ1) is 30.4. The van der Waals surface area contributed by atoms with E-state index < -0.39 is 41.8 Å². The van der Waals surface area contributed by atoms with Gasteiger partial charge in [0.15, 0.2) is 18.2 Å². The number of rotatable bonds is 12. The molecule has 0 N–H and O–H groups in total. The van der Waals surface area contributed by atoms with Gasteiger partial charge in [-0.1, -0.05) is 56.2 Å². The molecule has 4 aromatic carbocycles. The molecule has 0 aliphatic heterocycles. The van der Waals surface area contributed by atoms with Gasteiger partial charge in [-0.15, -0.1) is 0 Å². The number of hydrogen-bond acceptors (Lipinski definition) is 1. The molecule has 218 valence electrons. The monoisotopic (exact) mass is 576 g/mol. The maximum atomic E-state index is 15.3. The van der Waals surface area contributed by atoms with Crippen molar-refractivity contribution >= 4 is 10.8 Å². The normalized spacial score (nSPS) is 11.8. The fourth-order valence-electron chi connectivity index (χ4n) is 4.88. The minimum atomic E-state index is -4.57. The summed E-state index contributed by atoms with van der Waals surface area (Å²) in [6.45, 7) is 0.482. The number of hydrogen-bond donors (Lipinski definition) is 0. The quantitative estimate of drug-likeness (QED) is 0.121. The molecule has 0 saturated carbocycles. The highest BCUT2D eigenvalue weighted by Gasteiger charge is 2.29. The highest BCUT2D eigenvalue weighted by molar-refractivity contribution is 5.84. The number of aryl methyl sites for hydroxylation is 4. The standard InChI is InChI=1S/C33H31F7O/c1-2-3-4-5-23-18-28(34)27(29(35)19-23)14-8-21-7-13-26-25(16-21)12-11-24(32(26)37)10-6-22-9-15-31(30(36)17-22)41-20-33(38,39)40/h7,9,11-13,15-19H,2-6,8,10,14,20H2,1H3. The minimum Gasteiger partial charge on any atom is -0.481 e. The second-order valence-electron chi connectivity index (χ2n) is 10.3. The molecule has 0 fully saturated rings. The summed E-state index contributed by atoms with van der Waals surface area (Å²) in [5.74, 6) is -2.92. The number of benzene rings is 4. The average molecular weight is 577 g/mol. The van der Waals surface area contributed by atoms with E-state index in [0.717, 1.165) is 37.0 Å². The Morgan fingerprint density at radius 2 is 1.29 bits per heavy atom. The lowest BCUT2D eigenvalue weighted by Crippen LogP contribution is -2.19. The first-order valence-electron chi connectivity index (χ1n) is 13.7. The Hall–Kier alpha value is -3.55. The lowest BCUT2D eigenvalue weighted by molar-refractivity contribution is -0.153. The number of unbranched alkanes of at least 4 members (excludes halogenated alkanes) is 2. The Morgan fingerprint density at radius 3 is 1.98 bits per heavy atom. The topological polar surface area (TPSA) is 9.23 Å². The van der Waals surface area contributed by atoms with E-state index in [-0.39, 0.29) is 24.8 Å². The molecule has 0 spiro atoms. The smallest absolute Gasteiger partial charge is 0.422 e. The minimum absolute atomic E-state index is 0.0438. The molecule has 8 heteroatoms. The number of fused-ring (bicyclic) bond motifs is 1. The molecule has 4 aromatic rings. The third kappa shape index (κ3) is 8.24. The van der Waals surface area contributed by atoms with Gasteiger partial charge in [-0.05, 0) is 90.4 Å². The Bertz CT molecular complexity index is 1470. The van der Waals surface area contributed by atoms with E-state index in [2.05, 4.69) is 11.7 Å². The zero-order chi connectivity index (χ0) is 29.6. The van der Waals surface area contributed by atoms with Gasteiger partial charge in [0.25, 0.3) is 0 Å². The van der Waals surface area contributed by atoms with E-state index in [1.54, 1.807) is 30.3 Å². The van der Waals surface area contributed by atoms with Gasteiger partial charge in [0.1, 0.15) is 17.5 Å². The zero-order valence-corrected chi connectivity index (χ0v) is 22.7. The van der Waals surface area contributed by atoms with Gasteiger partial charge in [-0.25, -0.2) is 17.6 Å². The Balaban J connectivity index is 1.39. The first-order chi connectivity index (χ1) is 19.5. The molecular weight excluding hydrogens is 545 g/mol. The molecule has 0 bridgehead atoms. The molecule has 4 rings (SSSR count). The summed E-state index contributed by atoms with van der Waals surface area (Å²) in [7, 11) is 0. The van der Waals surface area contributed by atoms with E-state index in [1.165, 1.54) is 18.2 Å². The Morgan fingerprint density at radius 1 is 0.634 bits per heavy atom. The van der Waals surface area contributed by atoms with Crippen LogP contribution in [0, 0.1) is 23.3 Å². The van der Waals surface area contributed by atoms with E-state index in [0.29, 0.717) is 40.3 Å². The second-order valence-corrected chi connectivity index (χ2v) is 10.3. The molecule has 0 unspecified atom stereocenters. The fraction of sp³-hybridized carbons (Fsp3) is 0.333. The summed E-state index contributed by atoms with van der Waals surface area (Å²) >= 11 is 0. The van der Waals surface area contributed by atoms with Crippen molar-refractivity contribution in [2.75, 3.05) is 6.61 Å². The van der Waals surface area contributed by atoms with Gasteiger partial charge in [-0.2, -0.15) is 13.2 Å². The lowest BCUT2D eigenvalue weighted by atomic mass is 9.96. The van der Waals surface area contributed by atoms with Gasteiger partial charge < -0.3 is 4.74 Å². The fourth-order valence-corrected chi connectivity index (χ4v) is 4.88. The van der Waals surface area contributed by atoms with Crippen molar-refractivity contribution in [3.05, 3.63) is 112 Å². The summed E-state index contributed by atoms with van der Waals surface area (Å²) in [4.78, 5) is 0. The van der Waals surface area contributed by atoms with Crippen molar-refractivity contribution in [2.45, 2.75) is 64.5 Å². The van der Waals surface area contributed by atoms with E-state index in [1.807, 2.05) is 0 Å². The first-order valence-corrected chi connectivity index (χ1v) is 13.7. The predicted molar refractivity (Wildman–Crippen MR) is 146 cm³/mol. The predicted octanol–water partition coefficient (Wildman–Crippen LogP) is 9.64. The van der Waals surface area contributed by atoms with Crippen LogP contribution in [0.15, 0.2) is 60.7 Å². The number of halogens is 7. The van der Waals surface area contributed by atoms with Crippen LogP contribution in [0.3, 0.4) is 0 Å². The van der Waals surface area contributed by atoms with Crippen LogP contribution in [0.1, 0.15) is 54.0 Å². The van der Waals surface area contributed by atoms with Crippen LogP contribution in [0.2, 0.25) is 0 Å². The molecule has 0 radical (unpaired) electrons. The van der Waals surface area contributed by atoms with Gasteiger partial charge >= 0.3 is 6.18 Å². The van der Waals surface area contributed by atoms with Crippen molar-refractivity contribution < 1.29 is 35.5 Å². The molecule has 41 heavy (non-hydrogen) atoms. The lowest BCUT2D eigenvalue weighted by Gasteiger charge is -2.12. The summed E-state index contributed by atoms with van der Waals surface area (Å²) in [6, 6.07) is 15.1. The van der Waals surface area contributed by atoms with Gasteiger partial charge in [0.05, 0.1) is 0 Å². The summed E-state index contributed by atoms with van der Waals surface area (Å²) in [5.41, 5.74) is 2.42. The molecule has 0 atom stereocenters. The van der Waals surface area contributed by atoms with Crippen molar-refractivity contribution in [3.8, 4) is 5.75 Å². The molecule has 0 aliphatic rings. The van der Waals surface area contributed by atoms with Crippen LogP contribution < -0.4 is 4.74 Å². The summed E-state index contributed by atoms with van der Waals surface area (Å²) in [6.07, 6.45) is 0.0787. The highest BCUT2D eigenvalue weighted by Crippen LogP contribution is 2.27. The van der Waals surface area contributed by atoms with Crippen LogP contribution in [0.5, 0.6) is 5.75 Å². The SMILES string of the molecule is CCCCCc1cc(F)c(CCc2ccc3c(F)c(CCc4ccc(OCC(F)(F)F)c(F)c4)ccc3c2)c(F)c1. The molecular formula is C33H31F7O. The maximum absolute atomic E-state index is 15.3. The molecule has 0 amide bonds. The third-order valence-corrected chi connectivity index (χ3v) is 7.10. The van der Waals surface area contributed by atoms with E-state index in [4.69, 9.17) is 0 Å². The van der Waals surface area contributed by atoms with Crippen LogP contribution >= 0.6 is 0 Å². The maximum Gasteiger partial charge on any atom is 0.422 e. The molecule has 1 nitrogen and oxygen atoms in total. The van der Waals surface area contributed by atoms with Crippen LogP contribution in [-0.4, -0.2) is 12.8 Å². The summed E-state index contributed by atoms with van der Waals surface area (Å²) in [5, 5.41) is 1.04. The second kappa shape index (κ2) is 13.4. The molecule has 0 aliphatic carbocycles. The number of ether oxygens (including phenoxy) is 1. The van der Waals surface area contributed by atoms with Gasteiger partial charge in [0, 0.05) is 10.9 Å². The Labute approximate surface area is 235 Å². The van der Waals surface area contributed by atoms with Crippen LogP contribution in [-0.2, 0) is 32.1 Å². The van der Waals surface area contributed by atoms with Gasteiger partial charge in [0.2, 0.25) is 0 Å². The van der Waals surface area contributed by atoms with Crippen molar-refractivity contribution in [3.63, 3.8) is 0 Å². The largest absolute Gasteiger partial charge is 0.481 e. The third-order valence-electron chi connectivity index (χ3n) is 7.10. The number of alkyl halides is 3. The van der Waals surface area contributed by atoms with Crippen LogP contribution in [0.25, 0.3) is 10.8 Å². The van der Waals surface area contributed by atoms with Crippen molar-refractivity contribution in [1.82, 2.24) is 0 Å². The summed E-state index contributed by atoms with van der Waals surface area (Å²) < 4.78 is 100. The Kier molecular flexibility index (Phi) is 9.94. The molecule has 0 aromatic heterocycles. The van der Waals surface area contributed by atoms with Crippen molar-refractivity contribution in [1.29, 1.82) is 0 Å². The van der Waals surface area contributed by atoms with Crippen LogP contribution in [0.4, 0.5) is 30.7 Å². The highest BCUT2D eigenvalue weighted by atomic mass is 19.4. The van der Waals surface area contributed by atoms with Gasteiger partial charge in [-0.3, -0.25) is 0 Å². The molecule has 0 saturated heterocycles. The average Bonchev–Trinajstić information content (AvgIpc) is 2.91. The molecule has 0 heterocycles.